The number of allylic oxidation sites excluding steroid dienone is 3. The Morgan fingerprint density at radius 3 is 2.57 bits per heavy atom. The molecule has 1 saturated carbocycles. The van der Waals surface area contributed by atoms with Gasteiger partial charge in [-0.2, -0.15) is 0 Å². The number of likely N-dealkylation sites (tertiary alicyclic amines) is 1. The van der Waals surface area contributed by atoms with Crippen molar-refractivity contribution in [1.82, 2.24) is 4.90 Å². The zero-order valence-electron chi connectivity index (χ0n) is 19.3. The second-order valence-corrected chi connectivity index (χ2v) is 10.1. The molecule has 168 valence electrons. The normalized spacial score (nSPS) is 38.5. The number of hydrogen-bond acceptors (Lipinski definition) is 4. The van der Waals surface area contributed by atoms with Crippen LogP contribution in [0.4, 0.5) is 0 Å². The maximum Gasteiger partial charge on any atom is 0.261 e. The number of Topliss-reactive ketones (excluding diaryl/α,β-unsaturated/α-hetero) is 1. The Morgan fingerprint density at radius 1 is 1.27 bits per heavy atom. The Morgan fingerprint density at radius 2 is 1.97 bits per heavy atom. The van der Waals surface area contributed by atoms with Crippen molar-refractivity contribution in [3.8, 4) is 0 Å². The van der Waals surface area contributed by atoms with E-state index in [9.17, 15) is 19.8 Å². The van der Waals surface area contributed by atoms with Gasteiger partial charge in [-0.15, -0.1) is 0 Å². The van der Waals surface area contributed by atoms with Crippen molar-refractivity contribution in [2.45, 2.75) is 78.7 Å². The second kappa shape index (κ2) is 8.86. The van der Waals surface area contributed by atoms with Gasteiger partial charge in [-0.3, -0.25) is 9.59 Å². The van der Waals surface area contributed by atoms with E-state index in [0.29, 0.717) is 11.8 Å². The molecule has 0 radical (unpaired) electrons. The number of fused-ring (bicyclic) bond motifs is 1. The van der Waals surface area contributed by atoms with Gasteiger partial charge in [-0.1, -0.05) is 58.1 Å². The van der Waals surface area contributed by atoms with Crippen molar-refractivity contribution < 1.29 is 19.8 Å². The number of likely N-dealkylation sites (N-methyl/N-ethyl adjacent to an activating group) is 1. The largest absolute Gasteiger partial charge is 0.511 e. The number of hydrogen-bond donors (Lipinski definition) is 2. The minimum Gasteiger partial charge on any atom is -0.511 e. The van der Waals surface area contributed by atoms with Gasteiger partial charge in [-0.05, 0) is 49.9 Å². The minimum absolute atomic E-state index is 0.0289. The van der Waals surface area contributed by atoms with Crippen molar-refractivity contribution >= 4 is 11.7 Å². The first-order valence-corrected chi connectivity index (χ1v) is 11.7. The number of unbranched alkanes of at least 4 members (excludes halogenated alkanes) is 2. The lowest BCUT2D eigenvalue weighted by Gasteiger charge is -2.53. The highest BCUT2D eigenvalue weighted by Gasteiger charge is 2.55. The average Bonchev–Trinajstić information content (AvgIpc) is 2.91. The highest BCUT2D eigenvalue weighted by atomic mass is 16.3. The summed E-state index contributed by atoms with van der Waals surface area (Å²) in [7, 11) is 1.53. The Hall–Kier alpha value is -1.62. The first-order chi connectivity index (χ1) is 14.2. The molecule has 0 unspecified atom stereocenters. The number of carbonyl (C=O) groups is 2. The summed E-state index contributed by atoms with van der Waals surface area (Å²) in [5, 5.41) is 21.3. The van der Waals surface area contributed by atoms with Crippen LogP contribution in [0, 0.1) is 29.1 Å². The third kappa shape index (κ3) is 3.63. The average molecular weight is 418 g/mol. The van der Waals surface area contributed by atoms with Crippen LogP contribution in [-0.4, -0.2) is 46.5 Å². The molecule has 30 heavy (non-hydrogen) atoms. The van der Waals surface area contributed by atoms with Gasteiger partial charge in [0.25, 0.3) is 5.91 Å². The summed E-state index contributed by atoms with van der Waals surface area (Å²) >= 11 is 0. The molecule has 6 atom stereocenters. The fourth-order valence-corrected chi connectivity index (χ4v) is 6.46. The van der Waals surface area contributed by atoms with E-state index < -0.39 is 29.8 Å². The van der Waals surface area contributed by atoms with Crippen LogP contribution in [0.1, 0.15) is 72.6 Å². The molecule has 1 heterocycles. The number of rotatable bonds is 6. The lowest BCUT2D eigenvalue weighted by atomic mass is 9.51. The predicted octanol–water partition coefficient (Wildman–Crippen LogP) is 4.42. The van der Waals surface area contributed by atoms with Crippen LogP contribution in [0.5, 0.6) is 0 Å². The van der Waals surface area contributed by atoms with E-state index in [1.165, 1.54) is 17.5 Å². The minimum atomic E-state index is -0.890. The van der Waals surface area contributed by atoms with Crippen LogP contribution in [0.3, 0.4) is 0 Å². The van der Waals surface area contributed by atoms with Gasteiger partial charge < -0.3 is 15.1 Å². The molecule has 0 bridgehead atoms. The molecule has 3 aliphatic rings. The Kier molecular flexibility index (Phi) is 6.81. The third-order valence-electron chi connectivity index (χ3n) is 8.25. The van der Waals surface area contributed by atoms with Crippen LogP contribution in [0.15, 0.2) is 23.0 Å². The second-order valence-electron chi connectivity index (χ2n) is 10.1. The SMILES string of the molecule is CCCCC[C@H]1C(C)=C[C@H]2C[C@@H](C)CC[C@@H]2[C@@]1(C)/C(O)=C1/C(=O)[C@@H](CO)N(C)C1=O. The van der Waals surface area contributed by atoms with Crippen LogP contribution >= 0.6 is 0 Å². The number of ketones is 1. The van der Waals surface area contributed by atoms with E-state index in [4.69, 9.17) is 0 Å². The number of aliphatic hydroxyl groups is 2. The standard InChI is InChI=1S/C25H39NO4/c1-6-7-8-9-18-16(3)13-17-12-15(2)10-11-19(17)25(18,4)23(29)21-22(28)20(14-27)26(5)24(21)30/h13,15,17-20,27,29H,6-12,14H2,1-5H3/b23-21+/t15-,17+,18-,19-,20+,25-/m0/s1. The lowest BCUT2D eigenvalue weighted by Crippen LogP contribution is -2.47. The van der Waals surface area contributed by atoms with E-state index in [-0.39, 0.29) is 23.2 Å². The molecule has 0 spiro atoms. The molecule has 0 aromatic rings. The van der Waals surface area contributed by atoms with Crippen LogP contribution in [0.2, 0.25) is 0 Å². The van der Waals surface area contributed by atoms with E-state index >= 15 is 0 Å². The smallest absolute Gasteiger partial charge is 0.261 e. The molecule has 5 heteroatoms. The maximum atomic E-state index is 13.0. The first-order valence-electron chi connectivity index (χ1n) is 11.7. The van der Waals surface area contributed by atoms with Crippen LogP contribution in [0.25, 0.3) is 0 Å². The highest BCUT2D eigenvalue weighted by Crippen LogP contribution is 2.58. The number of nitrogens with zero attached hydrogens (tertiary/aromatic N) is 1. The fourth-order valence-electron chi connectivity index (χ4n) is 6.46. The topological polar surface area (TPSA) is 77.8 Å². The molecule has 0 aromatic heterocycles. The summed E-state index contributed by atoms with van der Waals surface area (Å²) in [5.41, 5.74) is 0.552. The predicted molar refractivity (Wildman–Crippen MR) is 118 cm³/mol. The van der Waals surface area contributed by atoms with Gasteiger partial charge in [0, 0.05) is 12.5 Å². The van der Waals surface area contributed by atoms with Gasteiger partial charge in [0.2, 0.25) is 0 Å². The van der Waals surface area contributed by atoms with E-state index in [0.717, 1.165) is 44.9 Å². The Bertz CT molecular complexity index is 754. The van der Waals surface area contributed by atoms with Gasteiger partial charge in [0.15, 0.2) is 5.78 Å². The molecule has 1 aliphatic heterocycles. The summed E-state index contributed by atoms with van der Waals surface area (Å²) in [5.74, 6) is 0.411. The van der Waals surface area contributed by atoms with Crippen molar-refractivity contribution in [2.75, 3.05) is 13.7 Å². The lowest BCUT2D eigenvalue weighted by molar-refractivity contribution is -0.126. The van der Waals surface area contributed by atoms with Crippen molar-refractivity contribution in [3.63, 3.8) is 0 Å². The number of amides is 1. The molecule has 5 nitrogen and oxygen atoms in total. The summed E-state index contributed by atoms with van der Waals surface area (Å²) in [6.07, 6.45) is 9.88. The quantitative estimate of drug-likeness (QED) is 0.221. The number of carbonyl (C=O) groups excluding carboxylic acids is 2. The van der Waals surface area contributed by atoms with E-state index in [1.54, 1.807) is 0 Å². The van der Waals surface area contributed by atoms with E-state index in [1.807, 2.05) is 0 Å². The molecule has 2 N–H and O–H groups in total. The molecule has 1 amide bonds. The Balaban J connectivity index is 2.11. The van der Waals surface area contributed by atoms with Gasteiger partial charge in [0.1, 0.15) is 17.4 Å². The molecular weight excluding hydrogens is 378 g/mol. The number of aliphatic hydroxyl groups excluding tert-OH is 2. The maximum absolute atomic E-state index is 13.0. The molecule has 2 fully saturated rings. The molecule has 1 saturated heterocycles. The molecular formula is C25H39NO4. The summed E-state index contributed by atoms with van der Waals surface area (Å²) in [4.78, 5) is 27.2. The highest BCUT2D eigenvalue weighted by molar-refractivity contribution is 6.26. The zero-order chi connectivity index (χ0) is 22.2. The van der Waals surface area contributed by atoms with Gasteiger partial charge >= 0.3 is 0 Å². The summed E-state index contributed by atoms with van der Waals surface area (Å²) < 4.78 is 0. The van der Waals surface area contributed by atoms with Crippen LogP contribution < -0.4 is 0 Å². The molecule has 2 aliphatic carbocycles. The van der Waals surface area contributed by atoms with E-state index in [2.05, 4.69) is 33.8 Å². The first kappa shape index (κ1) is 23.1. The fraction of sp³-hybridized carbons (Fsp3) is 0.760. The molecule has 3 rings (SSSR count). The Labute approximate surface area is 181 Å². The van der Waals surface area contributed by atoms with Crippen molar-refractivity contribution in [1.29, 1.82) is 0 Å². The van der Waals surface area contributed by atoms with Crippen molar-refractivity contribution in [3.05, 3.63) is 23.0 Å². The van der Waals surface area contributed by atoms with Gasteiger partial charge in [-0.25, -0.2) is 0 Å². The van der Waals surface area contributed by atoms with Crippen LogP contribution in [-0.2, 0) is 9.59 Å². The molecule has 0 aromatic carbocycles. The summed E-state index contributed by atoms with van der Waals surface area (Å²) in [6, 6.07) is -0.890. The van der Waals surface area contributed by atoms with Gasteiger partial charge in [0.05, 0.1) is 6.61 Å². The third-order valence-corrected chi connectivity index (χ3v) is 8.25. The summed E-state index contributed by atoms with van der Waals surface area (Å²) in [6.45, 7) is 8.29. The monoisotopic (exact) mass is 417 g/mol. The zero-order valence-corrected chi connectivity index (χ0v) is 19.3. The van der Waals surface area contributed by atoms with Crippen molar-refractivity contribution in [2.24, 2.45) is 29.1 Å².